The van der Waals surface area contributed by atoms with Crippen LogP contribution in [-0.4, -0.2) is 31.0 Å². The molecule has 2 heterocycles. The van der Waals surface area contributed by atoms with E-state index in [4.69, 9.17) is 0 Å². The van der Waals surface area contributed by atoms with E-state index in [0.29, 0.717) is 0 Å². The Balaban J connectivity index is 1.86. The average molecular weight is 206 g/mol. The van der Waals surface area contributed by atoms with Crippen LogP contribution in [0.25, 0.3) is 0 Å². The molecule has 0 N–H and O–H groups in total. The number of hydrogen-bond donors (Lipinski definition) is 0. The molecule has 3 rings (SSSR count). The van der Waals surface area contributed by atoms with Crippen molar-refractivity contribution in [2.45, 2.75) is 11.3 Å². The first-order chi connectivity index (χ1) is 6.83. The Morgan fingerprint density at radius 1 is 1.29 bits per heavy atom. The Morgan fingerprint density at radius 3 is 2.93 bits per heavy atom. The molecule has 2 aliphatic rings. The first-order valence-corrected chi connectivity index (χ1v) is 6.01. The lowest BCUT2D eigenvalue weighted by molar-refractivity contribution is 0.231. The maximum atomic E-state index is 2.40. The number of benzene rings is 1. The second-order valence-electron chi connectivity index (χ2n) is 4.07. The average Bonchev–Trinajstić information content (AvgIpc) is 2.59. The fraction of sp³-hybridized carbons (Fsp3) is 0.455. The monoisotopic (exact) mass is 206 g/mol. The zero-order valence-corrected chi connectivity index (χ0v) is 9.18. The van der Waals surface area contributed by atoms with Crippen LogP contribution in [0.15, 0.2) is 23.1 Å². The highest BCUT2D eigenvalue weighted by Crippen LogP contribution is 2.35. The third-order valence-electron chi connectivity index (χ3n) is 2.87. The molecule has 0 amide bonds. The van der Waals surface area contributed by atoms with Gasteiger partial charge in [-0.1, -0.05) is 6.07 Å². The zero-order chi connectivity index (χ0) is 9.54. The predicted octanol–water partition coefficient (Wildman–Crippen LogP) is 2.00. The zero-order valence-electron chi connectivity index (χ0n) is 8.36. The standard InChI is InChI=1S/C11H14N2S/c1-12-7-13(8-12)10-3-2-9-4-5-14-11(9)6-10/h2-3,6H,4-5,7-8H2,1H3. The van der Waals surface area contributed by atoms with Gasteiger partial charge in [0.1, 0.15) is 0 Å². The molecular formula is C11H14N2S. The summed E-state index contributed by atoms with van der Waals surface area (Å²) in [4.78, 5) is 6.21. The highest BCUT2D eigenvalue weighted by molar-refractivity contribution is 7.99. The van der Waals surface area contributed by atoms with Gasteiger partial charge in [-0.25, -0.2) is 0 Å². The van der Waals surface area contributed by atoms with Gasteiger partial charge in [0.2, 0.25) is 0 Å². The second kappa shape index (κ2) is 3.17. The maximum absolute atomic E-state index is 2.40. The summed E-state index contributed by atoms with van der Waals surface area (Å²) in [7, 11) is 2.15. The van der Waals surface area contributed by atoms with Crippen LogP contribution in [-0.2, 0) is 6.42 Å². The van der Waals surface area contributed by atoms with Crippen molar-refractivity contribution in [2.75, 3.05) is 31.0 Å². The van der Waals surface area contributed by atoms with E-state index in [-0.39, 0.29) is 0 Å². The van der Waals surface area contributed by atoms with Crippen molar-refractivity contribution in [1.82, 2.24) is 4.90 Å². The molecule has 74 valence electrons. The largest absolute Gasteiger partial charge is 0.345 e. The van der Waals surface area contributed by atoms with Gasteiger partial charge < -0.3 is 4.90 Å². The Hall–Kier alpha value is -0.670. The van der Waals surface area contributed by atoms with Gasteiger partial charge in [0.25, 0.3) is 0 Å². The summed E-state index contributed by atoms with van der Waals surface area (Å²) in [6, 6.07) is 6.90. The molecule has 0 radical (unpaired) electrons. The summed E-state index contributed by atoms with van der Waals surface area (Å²) in [6.45, 7) is 2.15. The number of rotatable bonds is 1. The molecule has 1 saturated heterocycles. The Kier molecular flexibility index (Phi) is 1.96. The highest BCUT2D eigenvalue weighted by atomic mass is 32.2. The number of nitrogens with zero attached hydrogens (tertiary/aromatic N) is 2. The van der Waals surface area contributed by atoms with Crippen molar-refractivity contribution in [3.63, 3.8) is 0 Å². The Bertz CT molecular complexity index is 358. The van der Waals surface area contributed by atoms with Crippen molar-refractivity contribution in [3.05, 3.63) is 23.8 Å². The van der Waals surface area contributed by atoms with Crippen molar-refractivity contribution < 1.29 is 0 Å². The lowest BCUT2D eigenvalue weighted by Gasteiger charge is -2.41. The van der Waals surface area contributed by atoms with Gasteiger partial charge >= 0.3 is 0 Å². The van der Waals surface area contributed by atoms with Crippen LogP contribution < -0.4 is 4.90 Å². The molecule has 2 nitrogen and oxygen atoms in total. The van der Waals surface area contributed by atoms with E-state index >= 15 is 0 Å². The molecule has 1 aromatic rings. The molecule has 0 spiro atoms. The number of hydrogen-bond acceptors (Lipinski definition) is 3. The third-order valence-corrected chi connectivity index (χ3v) is 3.97. The van der Waals surface area contributed by atoms with Gasteiger partial charge in [-0.15, -0.1) is 11.8 Å². The fourth-order valence-corrected chi connectivity index (χ4v) is 3.16. The maximum Gasteiger partial charge on any atom is 0.0731 e. The van der Waals surface area contributed by atoms with E-state index in [1.54, 1.807) is 0 Å². The lowest BCUT2D eigenvalue weighted by atomic mass is 10.1. The van der Waals surface area contributed by atoms with Gasteiger partial charge in [-0.3, -0.25) is 4.90 Å². The number of anilines is 1. The molecular weight excluding hydrogens is 192 g/mol. The quantitative estimate of drug-likeness (QED) is 0.694. The summed E-state index contributed by atoms with van der Waals surface area (Å²) in [5, 5.41) is 0. The second-order valence-corrected chi connectivity index (χ2v) is 5.21. The molecule has 1 aromatic carbocycles. The minimum absolute atomic E-state index is 1.07. The molecule has 3 heteroatoms. The summed E-state index contributed by atoms with van der Waals surface area (Å²) < 4.78 is 0. The minimum atomic E-state index is 1.07. The SMILES string of the molecule is CN1CN(c2ccc3c(c2)SCC3)C1. The van der Waals surface area contributed by atoms with Gasteiger partial charge in [-0.2, -0.15) is 0 Å². The van der Waals surface area contributed by atoms with Crippen molar-refractivity contribution in [3.8, 4) is 0 Å². The summed E-state index contributed by atoms with van der Waals surface area (Å²) in [6.07, 6.45) is 1.25. The Labute approximate surface area is 88.9 Å². The first kappa shape index (κ1) is 8.62. The van der Waals surface area contributed by atoms with Gasteiger partial charge in [0.05, 0.1) is 13.3 Å². The molecule has 0 bridgehead atoms. The molecule has 0 saturated carbocycles. The fourth-order valence-electron chi connectivity index (χ4n) is 2.06. The van der Waals surface area contributed by atoms with E-state index < -0.39 is 0 Å². The molecule has 2 aliphatic heterocycles. The summed E-state index contributed by atoms with van der Waals surface area (Å²) in [5.41, 5.74) is 2.92. The van der Waals surface area contributed by atoms with E-state index in [1.165, 1.54) is 28.3 Å². The number of thioether (sulfide) groups is 1. The summed E-state index contributed by atoms with van der Waals surface area (Å²) in [5.74, 6) is 1.26. The van der Waals surface area contributed by atoms with E-state index in [1.807, 2.05) is 11.8 Å². The number of fused-ring (bicyclic) bond motifs is 1. The minimum Gasteiger partial charge on any atom is -0.345 e. The van der Waals surface area contributed by atoms with E-state index in [0.717, 1.165) is 13.3 Å². The van der Waals surface area contributed by atoms with Crippen molar-refractivity contribution in [2.24, 2.45) is 0 Å². The molecule has 0 aliphatic carbocycles. The van der Waals surface area contributed by atoms with Crippen molar-refractivity contribution in [1.29, 1.82) is 0 Å². The first-order valence-electron chi connectivity index (χ1n) is 5.02. The third kappa shape index (κ3) is 1.31. The van der Waals surface area contributed by atoms with Crippen LogP contribution in [0.4, 0.5) is 5.69 Å². The molecule has 1 fully saturated rings. The van der Waals surface area contributed by atoms with E-state index in [9.17, 15) is 0 Å². The smallest absolute Gasteiger partial charge is 0.0731 e. The molecule has 0 atom stereocenters. The van der Waals surface area contributed by atoms with Gasteiger partial charge in [-0.05, 0) is 31.2 Å². The van der Waals surface area contributed by atoms with Crippen LogP contribution in [0.3, 0.4) is 0 Å². The van der Waals surface area contributed by atoms with Crippen LogP contribution in [0.5, 0.6) is 0 Å². The van der Waals surface area contributed by atoms with Crippen LogP contribution in [0, 0.1) is 0 Å². The topological polar surface area (TPSA) is 6.48 Å². The molecule has 0 unspecified atom stereocenters. The Morgan fingerprint density at radius 2 is 2.14 bits per heavy atom. The molecule has 14 heavy (non-hydrogen) atoms. The lowest BCUT2D eigenvalue weighted by Crippen LogP contribution is -2.53. The molecule has 0 aromatic heterocycles. The van der Waals surface area contributed by atoms with Gasteiger partial charge in [0.15, 0.2) is 0 Å². The van der Waals surface area contributed by atoms with Crippen molar-refractivity contribution >= 4 is 17.4 Å². The van der Waals surface area contributed by atoms with Crippen LogP contribution >= 0.6 is 11.8 Å². The highest BCUT2D eigenvalue weighted by Gasteiger charge is 2.21. The van der Waals surface area contributed by atoms with Crippen LogP contribution in [0.1, 0.15) is 5.56 Å². The van der Waals surface area contributed by atoms with Gasteiger partial charge in [0, 0.05) is 16.3 Å². The van der Waals surface area contributed by atoms with Crippen LogP contribution in [0.2, 0.25) is 0 Å². The predicted molar refractivity (Wildman–Crippen MR) is 60.8 cm³/mol. The number of aryl methyl sites for hydroxylation is 1. The normalized spacial score (nSPS) is 20.8. The van der Waals surface area contributed by atoms with E-state index in [2.05, 4.69) is 35.0 Å². The summed E-state index contributed by atoms with van der Waals surface area (Å²) >= 11 is 1.99.